The monoisotopic (exact) mass is 543 g/mol. The average Bonchev–Trinajstić information content (AvgIpc) is 3.65. The fourth-order valence-corrected chi connectivity index (χ4v) is 5.73. The number of rotatable bonds is 9. The highest BCUT2D eigenvalue weighted by molar-refractivity contribution is 7.91. The minimum atomic E-state index is -3.97. The molecule has 12 nitrogen and oxygen atoms in total. The number of furan rings is 1. The van der Waals surface area contributed by atoms with Gasteiger partial charge >= 0.3 is 0 Å². The second-order valence-corrected chi connectivity index (χ2v) is 11.3. The molecule has 13 heteroatoms. The molecule has 0 radical (unpaired) electrons. The number of aryl methyl sites for hydroxylation is 2. The van der Waals surface area contributed by atoms with Gasteiger partial charge in [-0.15, -0.1) is 10.2 Å². The Bertz CT molecular complexity index is 1510. The molecule has 5 rings (SSSR count). The fraction of sp³-hybridized carbons (Fsp3) is 0.400. The van der Waals surface area contributed by atoms with Crippen LogP contribution in [0.5, 0.6) is 17.4 Å². The number of hydrogen-bond donors (Lipinski definition) is 1. The molecule has 0 unspecified atom stereocenters. The van der Waals surface area contributed by atoms with E-state index in [-0.39, 0.29) is 17.3 Å². The molecule has 4 heterocycles. The number of aliphatic hydroxyl groups is 1. The van der Waals surface area contributed by atoms with E-state index >= 15 is 0 Å². The molecule has 1 aliphatic heterocycles. The first-order chi connectivity index (χ1) is 18.2. The van der Waals surface area contributed by atoms with E-state index in [1.54, 1.807) is 52.6 Å². The number of methoxy groups -OCH3 is 2. The third-order valence-corrected chi connectivity index (χ3v) is 8.54. The molecule has 0 aliphatic carbocycles. The number of para-hydroxylation sites is 1. The van der Waals surface area contributed by atoms with Crippen LogP contribution in [0.2, 0.25) is 0 Å². The molecule has 4 aromatic rings. The lowest BCUT2D eigenvalue weighted by Crippen LogP contribution is -2.28. The Morgan fingerprint density at radius 1 is 1.13 bits per heavy atom. The van der Waals surface area contributed by atoms with E-state index in [0.29, 0.717) is 47.7 Å². The minimum Gasteiger partial charge on any atom is -0.494 e. The summed E-state index contributed by atoms with van der Waals surface area (Å²) in [4.78, 5) is 0. The molecule has 202 valence electrons. The predicted octanol–water partition coefficient (Wildman–Crippen LogP) is 2.87. The molecule has 38 heavy (non-hydrogen) atoms. The number of hydrogen-bond acceptors (Lipinski definition) is 10. The zero-order valence-corrected chi connectivity index (χ0v) is 22.3. The van der Waals surface area contributed by atoms with Crippen molar-refractivity contribution in [2.24, 2.45) is 0 Å². The standard InChI is InChI=1S/C25H29N5O7S/c1-15-9-10-20(37-15)25-27-26-21(30(25)23-18(34-3)7-5-8-19(23)35-4)14-38(32,33)16(2)24(31)17-13-22-29(28-17)11-6-12-36-22/h5,7-10,13,16,24,31H,6,11-12,14H2,1-4H3/t16-,24+/m0/s1. The van der Waals surface area contributed by atoms with Gasteiger partial charge < -0.3 is 23.7 Å². The van der Waals surface area contributed by atoms with Gasteiger partial charge in [0, 0.05) is 19.0 Å². The molecule has 2 atom stereocenters. The molecular weight excluding hydrogens is 514 g/mol. The summed E-state index contributed by atoms with van der Waals surface area (Å²) in [6.07, 6.45) is -0.580. The maximum Gasteiger partial charge on any atom is 0.212 e. The highest BCUT2D eigenvalue weighted by atomic mass is 32.2. The van der Waals surface area contributed by atoms with Crippen molar-refractivity contribution in [1.29, 1.82) is 0 Å². The van der Waals surface area contributed by atoms with Gasteiger partial charge in [0.25, 0.3) is 0 Å². The first-order valence-corrected chi connectivity index (χ1v) is 13.8. The zero-order chi connectivity index (χ0) is 27.0. The summed E-state index contributed by atoms with van der Waals surface area (Å²) < 4.78 is 52.9. The number of fused-ring (bicyclic) bond motifs is 1. The van der Waals surface area contributed by atoms with Crippen LogP contribution < -0.4 is 14.2 Å². The van der Waals surface area contributed by atoms with Gasteiger partial charge in [0.15, 0.2) is 21.4 Å². The van der Waals surface area contributed by atoms with E-state index in [2.05, 4.69) is 15.3 Å². The van der Waals surface area contributed by atoms with Crippen LogP contribution in [0.1, 0.15) is 36.7 Å². The Hall–Kier alpha value is -3.84. The van der Waals surface area contributed by atoms with Gasteiger partial charge in [-0.1, -0.05) is 6.07 Å². The molecule has 0 fully saturated rings. The number of nitrogens with zero attached hydrogens (tertiary/aromatic N) is 5. The second-order valence-electron chi connectivity index (χ2n) is 8.99. The number of sulfone groups is 1. The van der Waals surface area contributed by atoms with Crippen LogP contribution in [0.3, 0.4) is 0 Å². The minimum absolute atomic E-state index is 0.100. The molecular formula is C25H29N5O7S. The molecule has 1 N–H and O–H groups in total. The van der Waals surface area contributed by atoms with Gasteiger partial charge in [-0.3, -0.25) is 4.57 Å². The summed E-state index contributed by atoms with van der Waals surface area (Å²) >= 11 is 0. The van der Waals surface area contributed by atoms with Gasteiger partial charge in [-0.2, -0.15) is 5.10 Å². The number of aliphatic hydroxyl groups excluding tert-OH is 1. The number of ether oxygens (including phenoxy) is 3. The summed E-state index contributed by atoms with van der Waals surface area (Å²) in [5.74, 6) is 2.25. The van der Waals surface area contributed by atoms with Gasteiger partial charge in [0.05, 0.1) is 31.8 Å². The fourth-order valence-electron chi connectivity index (χ4n) is 4.39. The third-order valence-electron chi connectivity index (χ3n) is 6.49. The Morgan fingerprint density at radius 2 is 1.87 bits per heavy atom. The van der Waals surface area contributed by atoms with Gasteiger partial charge in [-0.25, -0.2) is 13.1 Å². The van der Waals surface area contributed by atoms with Gasteiger partial charge in [-0.05, 0) is 38.1 Å². The first kappa shape index (κ1) is 25.8. The van der Waals surface area contributed by atoms with Crippen LogP contribution in [0.15, 0.2) is 40.8 Å². The van der Waals surface area contributed by atoms with Crippen molar-refractivity contribution in [2.75, 3.05) is 20.8 Å². The van der Waals surface area contributed by atoms with Crippen LogP contribution in [0.25, 0.3) is 17.3 Å². The zero-order valence-electron chi connectivity index (χ0n) is 21.5. The van der Waals surface area contributed by atoms with Crippen molar-refractivity contribution in [2.45, 2.75) is 43.9 Å². The van der Waals surface area contributed by atoms with Crippen molar-refractivity contribution in [1.82, 2.24) is 24.5 Å². The molecule has 0 bridgehead atoms. The number of benzene rings is 1. The van der Waals surface area contributed by atoms with Crippen LogP contribution in [-0.2, 0) is 22.1 Å². The van der Waals surface area contributed by atoms with E-state index in [9.17, 15) is 13.5 Å². The van der Waals surface area contributed by atoms with Crippen LogP contribution >= 0.6 is 0 Å². The summed E-state index contributed by atoms with van der Waals surface area (Å²) in [5, 5.41) is 22.6. The Kier molecular flexibility index (Phi) is 6.88. The van der Waals surface area contributed by atoms with Crippen molar-refractivity contribution in [3.05, 3.63) is 53.7 Å². The second kappa shape index (κ2) is 10.1. The molecule has 1 aromatic carbocycles. The van der Waals surface area contributed by atoms with E-state index in [0.717, 1.165) is 6.42 Å². The van der Waals surface area contributed by atoms with Crippen molar-refractivity contribution in [3.63, 3.8) is 0 Å². The summed E-state index contributed by atoms with van der Waals surface area (Å²) in [5.41, 5.74) is 0.654. The van der Waals surface area contributed by atoms with Crippen LogP contribution in [0.4, 0.5) is 0 Å². The largest absolute Gasteiger partial charge is 0.494 e. The highest BCUT2D eigenvalue weighted by Gasteiger charge is 2.35. The Balaban J connectivity index is 1.55. The summed E-state index contributed by atoms with van der Waals surface area (Å²) in [6.45, 7) is 4.43. The van der Waals surface area contributed by atoms with E-state index in [1.807, 2.05) is 0 Å². The normalized spacial score (nSPS) is 15.0. The lowest BCUT2D eigenvalue weighted by molar-refractivity contribution is 0.169. The smallest absolute Gasteiger partial charge is 0.212 e. The topological polar surface area (TPSA) is 144 Å². The quantitative estimate of drug-likeness (QED) is 0.335. The van der Waals surface area contributed by atoms with E-state index < -0.39 is 26.9 Å². The summed E-state index contributed by atoms with van der Waals surface area (Å²) in [7, 11) is -0.966. The predicted molar refractivity (Wildman–Crippen MR) is 136 cm³/mol. The van der Waals surface area contributed by atoms with Crippen LogP contribution in [-0.4, -0.2) is 64.1 Å². The molecule has 0 amide bonds. The average molecular weight is 544 g/mol. The third kappa shape index (κ3) is 4.63. The van der Waals surface area contributed by atoms with E-state index in [1.165, 1.54) is 21.1 Å². The molecule has 0 saturated heterocycles. The molecule has 1 aliphatic rings. The Morgan fingerprint density at radius 3 is 2.50 bits per heavy atom. The SMILES string of the molecule is COc1cccc(OC)c1-n1c(CS(=O)(=O)[C@@H](C)[C@@H](O)c2cc3n(n2)CCCO3)nnc1-c1ccc(C)o1. The number of aromatic nitrogens is 5. The lowest BCUT2D eigenvalue weighted by Gasteiger charge is -2.19. The van der Waals surface area contributed by atoms with Gasteiger partial charge in [0.1, 0.15) is 34.8 Å². The summed E-state index contributed by atoms with van der Waals surface area (Å²) in [6, 6.07) is 10.3. The van der Waals surface area contributed by atoms with Crippen molar-refractivity contribution < 1.29 is 32.2 Å². The maximum absolute atomic E-state index is 13.6. The van der Waals surface area contributed by atoms with Crippen molar-refractivity contribution in [3.8, 4) is 34.7 Å². The van der Waals surface area contributed by atoms with Gasteiger partial charge in [0.2, 0.25) is 11.7 Å². The van der Waals surface area contributed by atoms with E-state index in [4.69, 9.17) is 18.6 Å². The lowest BCUT2D eigenvalue weighted by atomic mass is 10.2. The maximum atomic E-state index is 13.6. The molecule has 0 saturated carbocycles. The highest BCUT2D eigenvalue weighted by Crippen LogP contribution is 2.37. The first-order valence-electron chi connectivity index (χ1n) is 12.1. The van der Waals surface area contributed by atoms with Crippen molar-refractivity contribution >= 4 is 9.84 Å². The van der Waals surface area contributed by atoms with Crippen LogP contribution in [0, 0.1) is 6.92 Å². The molecule has 0 spiro atoms. The Labute approximate surface area is 219 Å². The molecule has 3 aromatic heterocycles.